The number of hydrogen-bond donors (Lipinski definition) is 1. The monoisotopic (exact) mass is 293 g/mol. The maximum absolute atomic E-state index is 9.98. The third kappa shape index (κ3) is 3.77. The number of hydrogen-bond acceptors (Lipinski definition) is 4. The van der Waals surface area contributed by atoms with Crippen LogP contribution in [0.5, 0.6) is 0 Å². The van der Waals surface area contributed by atoms with E-state index in [2.05, 4.69) is 47.0 Å². The van der Waals surface area contributed by atoms with Crippen LogP contribution < -0.4 is 0 Å². The molecule has 1 unspecified atom stereocenters. The number of aliphatic hydroxyl groups excluding tert-OH is 1. The largest absolute Gasteiger partial charge is 0.386 e. The van der Waals surface area contributed by atoms with Gasteiger partial charge in [-0.15, -0.1) is 5.10 Å². The minimum atomic E-state index is -0.538. The number of aliphatic hydroxyl groups is 1. The summed E-state index contributed by atoms with van der Waals surface area (Å²) in [4.78, 5) is 0. The van der Waals surface area contributed by atoms with Gasteiger partial charge in [0.15, 0.2) is 4.60 Å². The van der Waals surface area contributed by atoms with Crippen molar-refractivity contribution >= 4 is 27.7 Å². The minimum Gasteiger partial charge on any atom is -0.386 e. The molecule has 0 aliphatic heterocycles. The van der Waals surface area contributed by atoms with E-state index < -0.39 is 6.10 Å². The number of aryl methyl sites for hydroxylation is 1. The van der Waals surface area contributed by atoms with Gasteiger partial charge in [0.05, 0.1) is 0 Å². The second-order valence-electron chi connectivity index (χ2n) is 4.33. The van der Waals surface area contributed by atoms with E-state index in [-0.39, 0.29) is 4.75 Å². The molecule has 6 heteroatoms. The minimum absolute atomic E-state index is 0.152. The Morgan fingerprint density at radius 2 is 2.13 bits per heavy atom. The molecule has 15 heavy (non-hydrogen) atoms. The molecule has 0 saturated heterocycles. The zero-order chi connectivity index (χ0) is 11.6. The smallest absolute Gasteiger partial charge is 0.154 e. The number of thioether (sulfide) groups is 1. The standard InChI is InChI=1S/C9H16BrN3OS/c1-9(2,3)15-5-6(14)7-8(10)11-12-13(7)4/h6,14H,5H2,1-4H3. The summed E-state index contributed by atoms with van der Waals surface area (Å²) < 4.78 is 2.37. The summed E-state index contributed by atoms with van der Waals surface area (Å²) in [5.74, 6) is 0.642. The first-order chi connectivity index (χ1) is 6.81. The molecule has 1 N–H and O–H groups in total. The van der Waals surface area contributed by atoms with Gasteiger partial charge >= 0.3 is 0 Å². The highest BCUT2D eigenvalue weighted by atomic mass is 79.9. The van der Waals surface area contributed by atoms with Crippen molar-refractivity contribution in [1.82, 2.24) is 15.0 Å². The van der Waals surface area contributed by atoms with Crippen molar-refractivity contribution in [2.45, 2.75) is 31.6 Å². The van der Waals surface area contributed by atoms with E-state index >= 15 is 0 Å². The predicted octanol–water partition coefficient (Wildman–Crippen LogP) is 2.14. The predicted molar refractivity (Wildman–Crippen MR) is 65.9 cm³/mol. The molecule has 0 aliphatic carbocycles. The lowest BCUT2D eigenvalue weighted by Crippen LogP contribution is -2.14. The van der Waals surface area contributed by atoms with E-state index in [0.717, 1.165) is 5.69 Å². The number of aromatic nitrogens is 3. The van der Waals surface area contributed by atoms with Crippen LogP contribution in [0.1, 0.15) is 32.6 Å². The van der Waals surface area contributed by atoms with E-state index in [1.165, 1.54) is 0 Å². The van der Waals surface area contributed by atoms with Gasteiger partial charge in [-0.1, -0.05) is 26.0 Å². The van der Waals surface area contributed by atoms with Gasteiger partial charge in [-0.3, -0.25) is 0 Å². The van der Waals surface area contributed by atoms with Crippen LogP contribution in [0, 0.1) is 0 Å². The Morgan fingerprint density at radius 1 is 1.53 bits per heavy atom. The van der Waals surface area contributed by atoms with Crippen molar-refractivity contribution in [3.63, 3.8) is 0 Å². The Kier molecular flexibility index (Phi) is 4.20. The lowest BCUT2D eigenvalue weighted by Gasteiger charge is -2.20. The summed E-state index contributed by atoms with van der Waals surface area (Å²) in [5, 5.41) is 17.7. The van der Waals surface area contributed by atoms with Gasteiger partial charge in [0.1, 0.15) is 11.8 Å². The van der Waals surface area contributed by atoms with E-state index in [9.17, 15) is 5.11 Å². The molecule has 0 aliphatic rings. The number of halogens is 1. The highest BCUT2D eigenvalue weighted by molar-refractivity contribution is 9.10. The van der Waals surface area contributed by atoms with E-state index in [0.29, 0.717) is 10.4 Å². The van der Waals surface area contributed by atoms with Crippen LogP contribution in [-0.4, -0.2) is 30.6 Å². The van der Waals surface area contributed by atoms with Gasteiger partial charge in [0.2, 0.25) is 0 Å². The number of nitrogens with zero attached hydrogens (tertiary/aromatic N) is 3. The molecule has 86 valence electrons. The van der Waals surface area contributed by atoms with Crippen LogP contribution in [0.25, 0.3) is 0 Å². The Hall–Kier alpha value is -0.0700. The number of rotatable bonds is 3. The second-order valence-corrected chi connectivity index (χ2v) is 6.93. The highest BCUT2D eigenvalue weighted by Gasteiger charge is 2.20. The fraction of sp³-hybridized carbons (Fsp3) is 0.778. The lowest BCUT2D eigenvalue weighted by atomic mass is 10.3. The maximum Gasteiger partial charge on any atom is 0.154 e. The summed E-state index contributed by atoms with van der Waals surface area (Å²) in [6.45, 7) is 6.38. The quantitative estimate of drug-likeness (QED) is 0.928. The molecule has 0 bridgehead atoms. The average molecular weight is 294 g/mol. The fourth-order valence-electron chi connectivity index (χ4n) is 1.10. The van der Waals surface area contributed by atoms with E-state index in [1.807, 2.05) is 0 Å². The van der Waals surface area contributed by atoms with Gasteiger partial charge in [0, 0.05) is 17.5 Å². The molecule has 0 fully saturated rings. The van der Waals surface area contributed by atoms with Crippen LogP contribution in [-0.2, 0) is 7.05 Å². The molecule has 1 aromatic heterocycles. The SMILES string of the molecule is Cn1nnc(Br)c1C(O)CSC(C)(C)C. The van der Waals surface area contributed by atoms with Crippen LogP contribution >= 0.6 is 27.7 Å². The zero-order valence-electron chi connectivity index (χ0n) is 9.36. The Labute approximate surface area is 103 Å². The highest BCUT2D eigenvalue weighted by Crippen LogP contribution is 2.30. The maximum atomic E-state index is 9.98. The lowest BCUT2D eigenvalue weighted by molar-refractivity contribution is 0.192. The van der Waals surface area contributed by atoms with Crippen LogP contribution in [0.4, 0.5) is 0 Å². The normalized spacial score (nSPS) is 14.3. The van der Waals surface area contributed by atoms with Crippen molar-refractivity contribution in [2.75, 3.05) is 5.75 Å². The molecule has 0 spiro atoms. The molecule has 0 amide bonds. The topological polar surface area (TPSA) is 50.9 Å². The van der Waals surface area contributed by atoms with E-state index in [4.69, 9.17) is 0 Å². The summed E-state index contributed by atoms with van der Waals surface area (Å²) in [6, 6.07) is 0. The van der Waals surface area contributed by atoms with Gasteiger partial charge in [0.25, 0.3) is 0 Å². The average Bonchev–Trinajstić information content (AvgIpc) is 2.41. The van der Waals surface area contributed by atoms with Crippen molar-refractivity contribution in [3.8, 4) is 0 Å². The van der Waals surface area contributed by atoms with Crippen molar-refractivity contribution < 1.29 is 5.11 Å². The van der Waals surface area contributed by atoms with Crippen molar-refractivity contribution in [1.29, 1.82) is 0 Å². The summed E-state index contributed by atoms with van der Waals surface area (Å²) >= 11 is 4.99. The Morgan fingerprint density at radius 3 is 2.53 bits per heavy atom. The van der Waals surface area contributed by atoms with Gasteiger partial charge < -0.3 is 5.11 Å². The molecule has 0 radical (unpaired) electrons. The molecule has 1 rings (SSSR count). The molecule has 1 aromatic rings. The molecule has 1 atom stereocenters. The summed E-state index contributed by atoms with van der Waals surface area (Å²) in [7, 11) is 1.78. The first-order valence-corrected chi connectivity index (χ1v) is 6.46. The molecular formula is C9H16BrN3OS. The van der Waals surface area contributed by atoms with E-state index in [1.54, 1.807) is 23.5 Å². The second kappa shape index (κ2) is 4.84. The molecule has 0 aromatic carbocycles. The third-order valence-electron chi connectivity index (χ3n) is 1.82. The fourth-order valence-corrected chi connectivity index (χ4v) is 2.51. The van der Waals surface area contributed by atoms with Crippen molar-refractivity contribution in [3.05, 3.63) is 10.3 Å². The summed E-state index contributed by atoms with van der Waals surface area (Å²) in [5.41, 5.74) is 0.728. The van der Waals surface area contributed by atoms with Crippen LogP contribution in [0.15, 0.2) is 4.60 Å². The van der Waals surface area contributed by atoms with Crippen LogP contribution in [0.2, 0.25) is 0 Å². The third-order valence-corrected chi connectivity index (χ3v) is 3.73. The Balaban J connectivity index is 2.65. The first kappa shape index (κ1) is 13.0. The first-order valence-electron chi connectivity index (χ1n) is 4.68. The molecule has 0 saturated carbocycles. The van der Waals surface area contributed by atoms with Crippen LogP contribution in [0.3, 0.4) is 0 Å². The molecular weight excluding hydrogens is 278 g/mol. The zero-order valence-corrected chi connectivity index (χ0v) is 11.8. The van der Waals surface area contributed by atoms with Crippen molar-refractivity contribution in [2.24, 2.45) is 7.05 Å². The van der Waals surface area contributed by atoms with Gasteiger partial charge in [-0.05, 0) is 15.9 Å². The molecule has 1 heterocycles. The van der Waals surface area contributed by atoms with Gasteiger partial charge in [-0.2, -0.15) is 11.8 Å². The van der Waals surface area contributed by atoms with Gasteiger partial charge in [-0.25, -0.2) is 4.68 Å². The Bertz CT molecular complexity index is 315. The summed E-state index contributed by atoms with van der Waals surface area (Å²) in [6.07, 6.45) is -0.538. The molecule has 4 nitrogen and oxygen atoms in total.